The van der Waals surface area contributed by atoms with Crippen LogP contribution in [-0.2, 0) is 35.4 Å². The predicted molar refractivity (Wildman–Crippen MR) is 157 cm³/mol. The van der Waals surface area contributed by atoms with E-state index in [4.69, 9.17) is 24.7 Å². The van der Waals surface area contributed by atoms with E-state index in [9.17, 15) is 18.3 Å². The highest BCUT2D eigenvalue weighted by Crippen LogP contribution is 2.34. The maximum Gasteiger partial charge on any atom is 0.407 e. The molecule has 2 saturated heterocycles. The minimum atomic E-state index is -3.95. The van der Waals surface area contributed by atoms with E-state index in [2.05, 4.69) is 5.32 Å². The van der Waals surface area contributed by atoms with Gasteiger partial charge in [-0.15, -0.1) is 0 Å². The molecule has 4 rings (SSSR count). The number of rotatable bonds is 13. The molecule has 2 aliphatic rings. The van der Waals surface area contributed by atoms with E-state index in [1.807, 2.05) is 51.1 Å². The molecule has 232 valence electrons. The number of aliphatic hydroxyl groups excluding tert-OH is 1. The Hall–Kier alpha value is -2.74. The molecule has 2 aromatic rings. The standard InChI is InChI=1S/C30H43N3O8S/c1-4-38-27-19-40-29-28(27)26(14-15-39-29)41-30(35)32-24(16-21-8-6-5-7-9-21)25(34)18-33(17-20(2)3)42(36,37)23-12-10-22(31)11-13-23/h5-13,20,24-29,34H,4,14-19,31H2,1-3H3,(H,32,35)/t24-,25+,26-,27-,28+,29-/m0/s1. The van der Waals surface area contributed by atoms with E-state index in [0.29, 0.717) is 31.9 Å². The van der Waals surface area contributed by atoms with Gasteiger partial charge in [-0.05, 0) is 49.1 Å². The lowest BCUT2D eigenvalue weighted by atomic mass is 9.93. The number of hydrogen-bond donors (Lipinski definition) is 3. The van der Waals surface area contributed by atoms with Crippen LogP contribution in [0.25, 0.3) is 0 Å². The Labute approximate surface area is 248 Å². The van der Waals surface area contributed by atoms with Crippen LogP contribution in [0.2, 0.25) is 0 Å². The molecule has 0 saturated carbocycles. The number of nitrogens with two attached hydrogens (primary N) is 1. The zero-order valence-corrected chi connectivity index (χ0v) is 25.2. The fourth-order valence-corrected chi connectivity index (χ4v) is 7.06. The minimum Gasteiger partial charge on any atom is -0.446 e. The number of ether oxygens (including phenoxy) is 4. The van der Waals surface area contributed by atoms with Crippen molar-refractivity contribution >= 4 is 21.8 Å². The topological polar surface area (TPSA) is 150 Å². The van der Waals surface area contributed by atoms with E-state index in [1.165, 1.54) is 28.6 Å². The van der Waals surface area contributed by atoms with Crippen LogP contribution in [0.5, 0.6) is 0 Å². The molecule has 6 atom stereocenters. The number of amides is 1. The van der Waals surface area contributed by atoms with Gasteiger partial charge in [0.1, 0.15) is 6.10 Å². The molecule has 2 aromatic carbocycles. The molecule has 12 heteroatoms. The highest BCUT2D eigenvalue weighted by atomic mass is 32.2. The summed E-state index contributed by atoms with van der Waals surface area (Å²) in [5.74, 6) is -0.284. The van der Waals surface area contributed by atoms with Gasteiger partial charge in [-0.2, -0.15) is 4.31 Å². The molecule has 0 spiro atoms. The second-order valence-corrected chi connectivity index (χ2v) is 13.1. The Kier molecular flexibility index (Phi) is 11.2. The minimum absolute atomic E-state index is 0.0142. The number of benzene rings is 2. The Balaban J connectivity index is 1.52. The molecule has 2 heterocycles. The third-order valence-corrected chi connectivity index (χ3v) is 9.31. The zero-order chi connectivity index (χ0) is 30.3. The second kappa shape index (κ2) is 14.6. The normalized spacial score (nSPS) is 23.9. The maximum absolute atomic E-state index is 13.6. The number of fused-ring (bicyclic) bond motifs is 1. The third-order valence-electron chi connectivity index (χ3n) is 7.46. The van der Waals surface area contributed by atoms with Crippen molar-refractivity contribution in [2.75, 3.05) is 38.6 Å². The zero-order valence-electron chi connectivity index (χ0n) is 24.4. The summed E-state index contributed by atoms with van der Waals surface area (Å²) >= 11 is 0. The number of carbonyl (C=O) groups is 1. The van der Waals surface area contributed by atoms with Gasteiger partial charge in [0.15, 0.2) is 6.29 Å². The number of nitrogen functional groups attached to an aromatic ring is 1. The Morgan fingerprint density at radius 3 is 2.48 bits per heavy atom. The van der Waals surface area contributed by atoms with E-state index in [-0.39, 0.29) is 42.3 Å². The fourth-order valence-electron chi connectivity index (χ4n) is 5.44. The SMILES string of the molecule is CCO[C@H]1CO[C@@H]2OCC[C@H](OC(=O)N[C@@H](Cc3ccccc3)[C@H](O)CN(CC(C)C)S(=O)(=O)c3ccc(N)cc3)[C@@H]21. The van der Waals surface area contributed by atoms with Crippen molar-refractivity contribution in [2.24, 2.45) is 11.8 Å². The number of hydrogen-bond acceptors (Lipinski definition) is 9. The van der Waals surface area contributed by atoms with Crippen LogP contribution < -0.4 is 11.1 Å². The molecule has 0 aromatic heterocycles. The van der Waals surface area contributed by atoms with Crippen LogP contribution >= 0.6 is 0 Å². The highest BCUT2D eigenvalue weighted by molar-refractivity contribution is 7.89. The highest BCUT2D eigenvalue weighted by Gasteiger charge is 2.48. The van der Waals surface area contributed by atoms with Gasteiger partial charge >= 0.3 is 6.09 Å². The first kappa shape index (κ1) is 32.2. The predicted octanol–water partition coefficient (Wildman–Crippen LogP) is 2.78. The molecule has 1 amide bonds. The van der Waals surface area contributed by atoms with Crippen LogP contribution in [0.1, 0.15) is 32.8 Å². The van der Waals surface area contributed by atoms with Crippen LogP contribution in [0.4, 0.5) is 10.5 Å². The van der Waals surface area contributed by atoms with E-state index in [0.717, 1.165) is 5.56 Å². The van der Waals surface area contributed by atoms with Crippen molar-refractivity contribution in [1.82, 2.24) is 9.62 Å². The molecule has 0 bridgehead atoms. The summed E-state index contributed by atoms with van der Waals surface area (Å²) in [5, 5.41) is 14.3. The van der Waals surface area contributed by atoms with E-state index < -0.39 is 40.7 Å². The molecule has 0 unspecified atom stereocenters. The summed E-state index contributed by atoms with van der Waals surface area (Å²) < 4.78 is 51.6. The van der Waals surface area contributed by atoms with Gasteiger partial charge in [0.05, 0.1) is 42.3 Å². The Morgan fingerprint density at radius 2 is 1.81 bits per heavy atom. The number of alkyl carbamates (subject to hydrolysis) is 1. The van der Waals surface area contributed by atoms with Crippen molar-refractivity contribution < 1.29 is 37.3 Å². The summed E-state index contributed by atoms with van der Waals surface area (Å²) in [6, 6.07) is 14.5. The molecule has 2 aliphatic heterocycles. The number of nitrogens with one attached hydrogen (secondary N) is 1. The van der Waals surface area contributed by atoms with Crippen LogP contribution in [-0.4, -0.2) is 87.5 Å². The summed E-state index contributed by atoms with van der Waals surface area (Å²) in [6.45, 7) is 6.87. The van der Waals surface area contributed by atoms with E-state index in [1.54, 1.807) is 0 Å². The monoisotopic (exact) mass is 605 g/mol. The number of aliphatic hydroxyl groups is 1. The molecule has 0 radical (unpaired) electrons. The molecule has 2 fully saturated rings. The lowest BCUT2D eigenvalue weighted by Crippen LogP contribution is -2.52. The number of anilines is 1. The number of carbonyl (C=O) groups excluding carboxylic acids is 1. The van der Waals surface area contributed by atoms with Gasteiger partial charge in [-0.3, -0.25) is 0 Å². The molecule has 11 nitrogen and oxygen atoms in total. The van der Waals surface area contributed by atoms with Crippen molar-refractivity contribution in [3.63, 3.8) is 0 Å². The lowest BCUT2D eigenvalue weighted by Gasteiger charge is -2.35. The first-order valence-electron chi connectivity index (χ1n) is 14.5. The lowest BCUT2D eigenvalue weighted by molar-refractivity contribution is -0.185. The smallest absolute Gasteiger partial charge is 0.407 e. The molecule has 0 aliphatic carbocycles. The number of sulfonamides is 1. The summed E-state index contributed by atoms with van der Waals surface area (Å²) in [7, 11) is -3.95. The largest absolute Gasteiger partial charge is 0.446 e. The Bertz CT molecular complexity index is 1240. The average Bonchev–Trinajstić information content (AvgIpc) is 3.37. The van der Waals surface area contributed by atoms with Crippen LogP contribution in [0.3, 0.4) is 0 Å². The molecular weight excluding hydrogens is 562 g/mol. The number of nitrogens with zero attached hydrogens (tertiary/aromatic N) is 1. The van der Waals surface area contributed by atoms with Crippen LogP contribution in [0, 0.1) is 11.8 Å². The van der Waals surface area contributed by atoms with Crippen molar-refractivity contribution in [1.29, 1.82) is 0 Å². The molecular formula is C30H43N3O8S. The van der Waals surface area contributed by atoms with Gasteiger partial charge in [-0.25, -0.2) is 13.2 Å². The Morgan fingerprint density at radius 1 is 1.10 bits per heavy atom. The summed E-state index contributed by atoms with van der Waals surface area (Å²) in [4.78, 5) is 13.3. The first-order chi connectivity index (χ1) is 20.1. The third kappa shape index (κ3) is 8.21. The van der Waals surface area contributed by atoms with Gasteiger partial charge in [0.2, 0.25) is 10.0 Å². The van der Waals surface area contributed by atoms with Gasteiger partial charge in [-0.1, -0.05) is 44.2 Å². The fraction of sp³-hybridized carbons (Fsp3) is 0.567. The summed E-state index contributed by atoms with van der Waals surface area (Å²) in [5.41, 5.74) is 7.08. The van der Waals surface area contributed by atoms with Gasteiger partial charge in [0, 0.05) is 31.8 Å². The second-order valence-electron chi connectivity index (χ2n) is 11.2. The molecule has 42 heavy (non-hydrogen) atoms. The average molecular weight is 606 g/mol. The quantitative estimate of drug-likeness (QED) is 0.293. The first-order valence-corrected chi connectivity index (χ1v) is 15.9. The maximum atomic E-state index is 13.6. The van der Waals surface area contributed by atoms with Gasteiger partial charge < -0.3 is 35.1 Å². The van der Waals surface area contributed by atoms with Crippen molar-refractivity contribution in [2.45, 2.75) is 69.2 Å². The van der Waals surface area contributed by atoms with E-state index >= 15 is 0 Å². The van der Waals surface area contributed by atoms with Crippen molar-refractivity contribution in [3.8, 4) is 0 Å². The molecule has 4 N–H and O–H groups in total. The van der Waals surface area contributed by atoms with Gasteiger partial charge in [0.25, 0.3) is 0 Å². The summed E-state index contributed by atoms with van der Waals surface area (Å²) in [6.07, 6.45) is -2.48. The van der Waals surface area contributed by atoms with Crippen molar-refractivity contribution in [3.05, 3.63) is 60.2 Å². The van der Waals surface area contributed by atoms with Crippen LogP contribution in [0.15, 0.2) is 59.5 Å².